The summed E-state index contributed by atoms with van der Waals surface area (Å²) in [5.41, 5.74) is 1.12. The summed E-state index contributed by atoms with van der Waals surface area (Å²) in [6.45, 7) is 4.70. The van der Waals surface area contributed by atoms with Gasteiger partial charge in [-0.1, -0.05) is 25.7 Å². The van der Waals surface area contributed by atoms with E-state index in [2.05, 4.69) is 50.0 Å². The Morgan fingerprint density at radius 1 is 0.783 bits per heavy atom. The summed E-state index contributed by atoms with van der Waals surface area (Å²) in [4.78, 5) is 0. The van der Waals surface area contributed by atoms with E-state index in [1.807, 2.05) is 0 Å². The molecule has 0 saturated heterocycles. The van der Waals surface area contributed by atoms with Gasteiger partial charge in [-0.2, -0.15) is 0 Å². The fourth-order valence-corrected chi connectivity index (χ4v) is 3.75. The average Bonchev–Trinajstić information content (AvgIpc) is 2.58. The van der Waals surface area contributed by atoms with Gasteiger partial charge in [0.1, 0.15) is 5.75 Å². The molecule has 1 aromatic carbocycles. The van der Waals surface area contributed by atoms with Crippen LogP contribution in [-0.2, 0) is 0 Å². The van der Waals surface area contributed by atoms with E-state index in [1.54, 1.807) is 0 Å². The fourth-order valence-electron chi connectivity index (χ4n) is 3.75. The standard InChI is InChI=1S/C22H30O/c1-17-3-7-19(8-4-17)9-10-20-11-15-22(16-12-20)23-21-13-5-18(2)6-14-21/h11-12,15-19,21H,3-8,13-14H2,1-2H3. The van der Waals surface area contributed by atoms with Gasteiger partial charge in [-0.25, -0.2) is 0 Å². The van der Waals surface area contributed by atoms with E-state index in [-0.39, 0.29) is 0 Å². The first kappa shape index (κ1) is 16.4. The minimum absolute atomic E-state index is 0.410. The maximum Gasteiger partial charge on any atom is 0.119 e. The molecule has 2 aliphatic carbocycles. The molecule has 2 aliphatic rings. The molecular formula is C22H30O. The predicted molar refractivity (Wildman–Crippen MR) is 96.5 cm³/mol. The predicted octanol–water partition coefficient (Wildman–Crippen LogP) is 5.82. The molecule has 0 N–H and O–H groups in total. The first-order valence-corrected chi connectivity index (χ1v) is 9.47. The number of hydrogen-bond acceptors (Lipinski definition) is 1. The molecule has 2 saturated carbocycles. The zero-order chi connectivity index (χ0) is 16.1. The van der Waals surface area contributed by atoms with Gasteiger partial charge < -0.3 is 4.74 Å². The number of rotatable bonds is 2. The fraction of sp³-hybridized carbons (Fsp3) is 0.636. The van der Waals surface area contributed by atoms with Crippen molar-refractivity contribution < 1.29 is 4.74 Å². The van der Waals surface area contributed by atoms with Crippen molar-refractivity contribution in [1.29, 1.82) is 0 Å². The molecule has 23 heavy (non-hydrogen) atoms. The van der Waals surface area contributed by atoms with Gasteiger partial charge in [-0.05, 0) is 87.5 Å². The Labute approximate surface area is 141 Å². The Kier molecular flexibility index (Phi) is 5.65. The van der Waals surface area contributed by atoms with Crippen LogP contribution in [0.3, 0.4) is 0 Å². The van der Waals surface area contributed by atoms with Crippen molar-refractivity contribution in [3.8, 4) is 17.6 Å². The molecule has 2 fully saturated rings. The molecular weight excluding hydrogens is 280 g/mol. The van der Waals surface area contributed by atoms with Crippen molar-refractivity contribution in [1.82, 2.24) is 0 Å². The summed E-state index contributed by atoms with van der Waals surface area (Å²) in [7, 11) is 0. The summed E-state index contributed by atoms with van der Waals surface area (Å²) in [5.74, 6) is 10.2. The molecule has 0 amide bonds. The molecule has 1 heteroatoms. The highest BCUT2D eigenvalue weighted by Gasteiger charge is 2.19. The maximum atomic E-state index is 6.12. The molecule has 0 heterocycles. The van der Waals surface area contributed by atoms with E-state index in [9.17, 15) is 0 Å². The van der Waals surface area contributed by atoms with Crippen LogP contribution in [0.4, 0.5) is 0 Å². The van der Waals surface area contributed by atoms with Crippen LogP contribution in [-0.4, -0.2) is 6.10 Å². The molecule has 1 aromatic rings. The van der Waals surface area contributed by atoms with Crippen LogP contribution in [0.25, 0.3) is 0 Å². The lowest BCUT2D eigenvalue weighted by atomic mass is 9.83. The monoisotopic (exact) mass is 310 g/mol. The van der Waals surface area contributed by atoms with Gasteiger partial charge in [-0.15, -0.1) is 0 Å². The third-order valence-electron chi connectivity index (χ3n) is 5.56. The Balaban J connectivity index is 1.51. The van der Waals surface area contributed by atoms with Crippen molar-refractivity contribution in [2.75, 3.05) is 0 Å². The van der Waals surface area contributed by atoms with E-state index >= 15 is 0 Å². The summed E-state index contributed by atoms with van der Waals surface area (Å²) >= 11 is 0. The second-order valence-corrected chi connectivity index (χ2v) is 7.75. The van der Waals surface area contributed by atoms with Crippen LogP contribution in [0, 0.1) is 29.6 Å². The summed E-state index contributed by atoms with van der Waals surface area (Å²) < 4.78 is 6.12. The van der Waals surface area contributed by atoms with Crippen molar-refractivity contribution in [2.45, 2.75) is 71.3 Å². The first-order valence-electron chi connectivity index (χ1n) is 9.47. The van der Waals surface area contributed by atoms with Crippen LogP contribution in [0.1, 0.15) is 70.8 Å². The van der Waals surface area contributed by atoms with Crippen molar-refractivity contribution >= 4 is 0 Å². The van der Waals surface area contributed by atoms with Gasteiger partial charge in [0.25, 0.3) is 0 Å². The third-order valence-corrected chi connectivity index (χ3v) is 5.56. The molecule has 124 valence electrons. The summed E-state index contributed by atoms with van der Waals surface area (Å²) in [6.07, 6.45) is 10.6. The molecule has 0 atom stereocenters. The SMILES string of the molecule is CC1CCC(C#Cc2ccc(OC3CCC(C)CC3)cc2)CC1. The van der Waals surface area contributed by atoms with Gasteiger partial charge in [0.15, 0.2) is 0 Å². The Morgan fingerprint density at radius 3 is 1.96 bits per heavy atom. The summed E-state index contributed by atoms with van der Waals surface area (Å²) in [5, 5.41) is 0. The molecule has 0 aliphatic heterocycles. The second kappa shape index (κ2) is 7.91. The highest BCUT2D eigenvalue weighted by Crippen LogP contribution is 2.28. The third kappa shape index (κ3) is 5.03. The first-order chi connectivity index (χ1) is 11.2. The van der Waals surface area contributed by atoms with E-state index in [0.29, 0.717) is 12.0 Å². The highest BCUT2D eigenvalue weighted by atomic mass is 16.5. The lowest BCUT2D eigenvalue weighted by Gasteiger charge is -2.26. The van der Waals surface area contributed by atoms with Crippen LogP contribution >= 0.6 is 0 Å². The minimum Gasteiger partial charge on any atom is -0.490 e. The van der Waals surface area contributed by atoms with E-state index in [0.717, 1.165) is 23.1 Å². The normalized spacial score (nSPS) is 31.0. The van der Waals surface area contributed by atoms with Gasteiger partial charge in [0, 0.05) is 11.5 Å². The van der Waals surface area contributed by atoms with E-state index in [1.165, 1.54) is 51.4 Å². The van der Waals surface area contributed by atoms with E-state index < -0.39 is 0 Å². The largest absolute Gasteiger partial charge is 0.490 e. The molecule has 1 nitrogen and oxygen atoms in total. The molecule has 0 aromatic heterocycles. The zero-order valence-corrected chi connectivity index (χ0v) is 14.7. The van der Waals surface area contributed by atoms with Crippen LogP contribution in [0.15, 0.2) is 24.3 Å². The van der Waals surface area contributed by atoms with Crippen molar-refractivity contribution in [3.63, 3.8) is 0 Å². The lowest BCUT2D eigenvalue weighted by Crippen LogP contribution is -2.22. The van der Waals surface area contributed by atoms with Gasteiger partial charge >= 0.3 is 0 Å². The number of hydrogen-bond donors (Lipinski definition) is 0. The van der Waals surface area contributed by atoms with Crippen LogP contribution in [0.5, 0.6) is 5.75 Å². The van der Waals surface area contributed by atoms with Gasteiger partial charge in [0.05, 0.1) is 6.10 Å². The summed E-state index contributed by atoms with van der Waals surface area (Å²) in [6, 6.07) is 8.40. The Morgan fingerprint density at radius 2 is 1.35 bits per heavy atom. The molecule has 0 radical (unpaired) electrons. The number of benzene rings is 1. The van der Waals surface area contributed by atoms with Gasteiger partial charge in [0.2, 0.25) is 0 Å². The van der Waals surface area contributed by atoms with Crippen LogP contribution < -0.4 is 4.74 Å². The Hall–Kier alpha value is -1.42. The quantitative estimate of drug-likeness (QED) is 0.625. The molecule has 0 unspecified atom stereocenters. The molecule has 0 spiro atoms. The van der Waals surface area contributed by atoms with Gasteiger partial charge in [-0.3, -0.25) is 0 Å². The van der Waals surface area contributed by atoms with Crippen molar-refractivity contribution in [2.24, 2.45) is 17.8 Å². The van der Waals surface area contributed by atoms with Crippen molar-refractivity contribution in [3.05, 3.63) is 29.8 Å². The molecule has 0 bridgehead atoms. The maximum absolute atomic E-state index is 6.12. The highest BCUT2D eigenvalue weighted by molar-refractivity contribution is 5.38. The second-order valence-electron chi connectivity index (χ2n) is 7.75. The van der Waals surface area contributed by atoms with Crippen LogP contribution in [0.2, 0.25) is 0 Å². The van der Waals surface area contributed by atoms with E-state index in [4.69, 9.17) is 4.74 Å². The Bertz CT molecular complexity index is 532. The molecule has 3 rings (SSSR count). The lowest BCUT2D eigenvalue weighted by molar-refractivity contribution is 0.135. The number of ether oxygens (including phenoxy) is 1. The zero-order valence-electron chi connectivity index (χ0n) is 14.7. The topological polar surface area (TPSA) is 9.23 Å². The average molecular weight is 310 g/mol. The minimum atomic E-state index is 0.410. The smallest absolute Gasteiger partial charge is 0.119 e.